The fourth-order valence-corrected chi connectivity index (χ4v) is 2.01. The van der Waals surface area contributed by atoms with E-state index in [4.69, 9.17) is 9.47 Å². The number of morpholine rings is 1. The van der Waals surface area contributed by atoms with E-state index in [0.29, 0.717) is 12.6 Å². The Kier molecular flexibility index (Phi) is 4.54. The molecule has 0 aliphatic carbocycles. The lowest BCUT2D eigenvalue weighted by molar-refractivity contribution is -0.124. The van der Waals surface area contributed by atoms with Gasteiger partial charge in [-0.1, -0.05) is 13.8 Å². The van der Waals surface area contributed by atoms with E-state index in [2.05, 4.69) is 15.2 Å². The molecule has 0 aromatic rings. The van der Waals surface area contributed by atoms with Gasteiger partial charge in [-0.3, -0.25) is 15.0 Å². The van der Waals surface area contributed by atoms with Gasteiger partial charge in [0.25, 0.3) is 11.9 Å². The van der Waals surface area contributed by atoms with E-state index in [1.54, 1.807) is 0 Å². The molecule has 0 radical (unpaired) electrons. The standard InChI is InChI=1S/C12H21N3O3/c1-9(2)10-11(16)14-12(18-10)13-3-4-15-5-7-17-8-6-15/h9-10H,3-8H2,1-2H3,(H,13,14,16). The molecule has 2 fully saturated rings. The van der Waals surface area contributed by atoms with Gasteiger partial charge in [-0.15, -0.1) is 0 Å². The van der Waals surface area contributed by atoms with Crippen LogP contribution >= 0.6 is 0 Å². The van der Waals surface area contributed by atoms with Crippen molar-refractivity contribution in [3.8, 4) is 0 Å². The highest BCUT2D eigenvalue weighted by atomic mass is 16.5. The Morgan fingerprint density at radius 1 is 1.44 bits per heavy atom. The van der Waals surface area contributed by atoms with Crippen LogP contribution in [0.25, 0.3) is 0 Å². The zero-order chi connectivity index (χ0) is 13.0. The van der Waals surface area contributed by atoms with Crippen LogP contribution in [-0.2, 0) is 14.3 Å². The first-order valence-corrected chi connectivity index (χ1v) is 6.49. The number of ether oxygens (including phenoxy) is 2. The normalized spacial score (nSPS) is 27.6. The third-order valence-corrected chi connectivity index (χ3v) is 3.11. The highest BCUT2D eigenvalue weighted by Crippen LogP contribution is 2.12. The van der Waals surface area contributed by atoms with Gasteiger partial charge in [-0.25, -0.2) is 4.99 Å². The molecule has 0 bridgehead atoms. The molecule has 1 unspecified atom stereocenters. The summed E-state index contributed by atoms with van der Waals surface area (Å²) in [6, 6.07) is 0.368. The Morgan fingerprint density at radius 3 is 2.78 bits per heavy atom. The number of carbonyl (C=O) groups excluding carboxylic acids is 1. The van der Waals surface area contributed by atoms with Crippen LogP contribution in [0.15, 0.2) is 4.99 Å². The van der Waals surface area contributed by atoms with Crippen LogP contribution in [0.1, 0.15) is 13.8 Å². The van der Waals surface area contributed by atoms with E-state index in [1.807, 2.05) is 13.8 Å². The number of amides is 1. The molecule has 2 heterocycles. The smallest absolute Gasteiger partial charge is 0.292 e. The zero-order valence-electron chi connectivity index (χ0n) is 11.0. The molecule has 18 heavy (non-hydrogen) atoms. The summed E-state index contributed by atoms with van der Waals surface area (Å²) in [6.07, 6.45) is -0.396. The molecule has 1 N–H and O–H groups in total. The first-order valence-electron chi connectivity index (χ1n) is 6.49. The Morgan fingerprint density at radius 2 is 2.17 bits per heavy atom. The van der Waals surface area contributed by atoms with Gasteiger partial charge in [0.15, 0.2) is 6.10 Å². The number of nitrogens with one attached hydrogen (secondary N) is 1. The SMILES string of the molecule is CC(C)C1OC(=NCCN2CCOCC2)NC1=O. The van der Waals surface area contributed by atoms with Crippen molar-refractivity contribution in [3.05, 3.63) is 0 Å². The highest BCUT2D eigenvalue weighted by molar-refractivity contribution is 6.02. The van der Waals surface area contributed by atoms with Crippen LogP contribution in [0.3, 0.4) is 0 Å². The van der Waals surface area contributed by atoms with Crippen LogP contribution in [0.2, 0.25) is 0 Å². The second-order valence-electron chi connectivity index (χ2n) is 4.91. The van der Waals surface area contributed by atoms with E-state index < -0.39 is 6.10 Å². The second-order valence-corrected chi connectivity index (χ2v) is 4.91. The number of aliphatic imine (C=N–C) groups is 1. The lowest BCUT2D eigenvalue weighted by atomic mass is 10.1. The Hall–Kier alpha value is -1.14. The van der Waals surface area contributed by atoms with Gasteiger partial charge in [0.05, 0.1) is 19.8 Å². The van der Waals surface area contributed by atoms with E-state index >= 15 is 0 Å². The first-order chi connectivity index (χ1) is 8.66. The molecule has 0 aromatic heterocycles. The molecule has 6 heteroatoms. The third kappa shape index (κ3) is 3.43. The first kappa shape index (κ1) is 13.3. The minimum atomic E-state index is -0.396. The number of nitrogens with zero attached hydrogens (tertiary/aromatic N) is 2. The van der Waals surface area contributed by atoms with Gasteiger partial charge in [0.1, 0.15) is 0 Å². The minimum absolute atomic E-state index is 0.0878. The number of rotatable bonds is 4. The number of amidine groups is 1. The largest absolute Gasteiger partial charge is 0.451 e. The van der Waals surface area contributed by atoms with Crippen molar-refractivity contribution >= 4 is 11.9 Å². The maximum absolute atomic E-state index is 11.5. The zero-order valence-corrected chi connectivity index (χ0v) is 11.0. The molecule has 2 aliphatic rings. The van der Waals surface area contributed by atoms with E-state index in [-0.39, 0.29) is 11.8 Å². The minimum Gasteiger partial charge on any atom is -0.451 e. The molecule has 1 amide bonds. The molecular formula is C12H21N3O3. The highest BCUT2D eigenvalue weighted by Gasteiger charge is 2.33. The van der Waals surface area contributed by atoms with Crippen molar-refractivity contribution in [3.63, 3.8) is 0 Å². The van der Waals surface area contributed by atoms with Crippen LogP contribution in [0.4, 0.5) is 0 Å². The summed E-state index contributed by atoms with van der Waals surface area (Å²) in [5.41, 5.74) is 0. The molecule has 0 aromatic carbocycles. The predicted octanol–water partition coefficient (Wildman–Crippen LogP) is -0.154. The van der Waals surface area contributed by atoms with E-state index in [0.717, 1.165) is 32.8 Å². The topological polar surface area (TPSA) is 63.2 Å². The molecule has 102 valence electrons. The Bertz CT molecular complexity index is 325. The summed E-state index contributed by atoms with van der Waals surface area (Å²) < 4.78 is 10.7. The maximum Gasteiger partial charge on any atom is 0.292 e. The number of hydrogen-bond donors (Lipinski definition) is 1. The summed E-state index contributed by atoms with van der Waals surface area (Å²) in [7, 11) is 0. The monoisotopic (exact) mass is 255 g/mol. The summed E-state index contributed by atoms with van der Waals surface area (Å²) in [4.78, 5) is 18.1. The quantitative estimate of drug-likeness (QED) is 0.758. The fraction of sp³-hybridized carbons (Fsp3) is 0.833. The van der Waals surface area contributed by atoms with Gasteiger partial charge in [0, 0.05) is 19.6 Å². The van der Waals surface area contributed by atoms with Crippen molar-refractivity contribution in [2.45, 2.75) is 20.0 Å². The fourth-order valence-electron chi connectivity index (χ4n) is 2.01. The third-order valence-electron chi connectivity index (χ3n) is 3.11. The molecule has 1 atom stereocenters. The average molecular weight is 255 g/mol. The molecular weight excluding hydrogens is 234 g/mol. The Balaban J connectivity index is 1.75. The van der Waals surface area contributed by atoms with Gasteiger partial charge >= 0.3 is 0 Å². The van der Waals surface area contributed by atoms with Crippen molar-refractivity contribution in [2.75, 3.05) is 39.4 Å². The van der Waals surface area contributed by atoms with Crippen LogP contribution in [-0.4, -0.2) is 62.3 Å². The van der Waals surface area contributed by atoms with Gasteiger partial charge in [-0.05, 0) is 5.92 Å². The van der Waals surface area contributed by atoms with Gasteiger partial charge in [-0.2, -0.15) is 0 Å². The lowest BCUT2D eigenvalue weighted by Gasteiger charge is -2.25. The van der Waals surface area contributed by atoms with E-state index in [1.165, 1.54) is 0 Å². The summed E-state index contributed by atoms with van der Waals surface area (Å²) in [5, 5.41) is 2.67. The molecule has 0 spiro atoms. The summed E-state index contributed by atoms with van der Waals surface area (Å²) in [5.74, 6) is 0.0760. The van der Waals surface area contributed by atoms with Gasteiger partial charge < -0.3 is 9.47 Å². The van der Waals surface area contributed by atoms with Crippen molar-refractivity contribution in [1.29, 1.82) is 0 Å². The molecule has 2 aliphatic heterocycles. The van der Waals surface area contributed by atoms with Crippen molar-refractivity contribution in [1.82, 2.24) is 10.2 Å². The van der Waals surface area contributed by atoms with E-state index in [9.17, 15) is 4.79 Å². The van der Waals surface area contributed by atoms with Crippen molar-refractivity contribution in [2.24, 2.45) is 10.9 Å². The van der Waals surface area contributed by atoms with Crippen molar-refractivity contribution < 1.29 is 14.3 Å². The molecule has 0 saturated carbocycles. The molecule has 2 saturated heterocycles. The lowest BCUT2D eigenvalue weighted by Crippen LogP contribution is -2.38. The summed E-state index contributed by atoms with van der Waals surface area (Å²) in [6.45, 7) is 8.92. The van der Waals surface area contributed by atoms with Crippen LogP contribution in [0, 0.1) is 5.92 Å². The number of carbonyl (C=O) groups is 1. The maximum atomic E-state index is 11.5. The van der Waals surface area contributed by atoms with Crippen LogP contribution in [0.5, 0.6) is 0 Å². The molecule has 2 rings (SSSR count). The average Bonchev–Trinajstić information content (AvgIpc) is 2.72. The summed E-state index contributed by atoms with van der Waals surface area (Å²) >= 11 is 0. The second kappa shape index (κ2) is 6.15. The predicted molar refractivity (Wildman–Crippen MR) is 67.4 cm³/mol. The number of hydrogen-bond acceptors (Lipinski definition) is 5. The van der Waals surface area contributed by atoms with Crippen LogP contribution < -0.4 is 5.32 Å². The molecule has 6 nitrogen and oxygen atoms in total. The Labute approximate surface area is 107 Å². The van der Waals surface area contributed by atoms with Gasteiger partial charge in [0.2, 0.25) is 0 Å².